The van der Waals surface area contributed by atoms with Crippen LogP contribution in [0.1, 0.15) is 48.4 Å². The molecule has 0 bridgehead atoms. The Morgan fingerprint density at radius 2 is 2.25 bits per heavy atom. The van der Waals surface area contributed by atoms with Gasteiger partial charge in [0.15, 0.2) is 5.82 Å². The van der Waals surface area contributed by atoms with Crippen LogP contribution in [0.15, 0.2) is 0 Å². The molecule has 2 aromatic rings. The van der Waals surface area contributed by atoms with E-state index in [1.165, 1.54) is 24.3 Å². The minimum absolute atomic E-state index is 0.342. The number of rotatable bonds is 3. The summed E-state index contributed by atoms with van der Waals surface area (Å²) in [5, 5.41) is 14.6. The van der Waals surface area contributed by atoms with Crippen LogP contribution in [0.25, 0.3) is 4.96 Å². The van der Waals surface area contributed by atoms with Crippen LogP contribution < -0.4 is 5.73 Å². The van der Waals surface area contributed by atoms with Gasteiger partial charge in [-0.1, -0.05) is 17.8 Å². The van der Waals surface area contributed by atoms with Crippen molar-refractivity contribution >= 4 is 16.3 Å². The van der Waals surface area contributed by atoms with Gasteiger partial charge >= 0.3 is 0 Å². The quantitative estimate of drug-likeness (QED) is 0.928. The van der Waals surface area contributed by atoms with E-state index in [4.69, 9.17) is 15.6 Å². The van der Waals surface area contributed by atoms with E-state index in [1.54, 1.807) is 11.3 Å². The summed E-state index contributed by atoms with van der Waals surface area (Å²) in [5.41, 5.74) is 5.89. The molecule has 1 aliphatic carbocycles. The number of fused-ring (bicyclic) bond motifs is 1. The predicted octanol–water partition coefficient (Wildman–Crippen LogP) is 1.53. The highest BCUT2D eigenvalue weighted by Gasteiger charge is 2.32. The number of hydrogen-bond acceptors (Lipinski definition) is 6. The molecule has 2 N–H and O–H groups in total. The third kappa shape index (κ3) is 1.96. The number of nitrogens with two attached hydrogens (primary N) is 1. The van der Waals surface area contributed by atoms with Crippen molar-refractivity contribution in [3.8, 4) is 0 Å². The molecule has 3 heterocycles. The first-order chi connectivity index (χ1) is 9.86. The van der Waals surface area contributed by atoms with Crippen molar-refractivity contribution in [3.05, 3.63) is 10.8 Å². The van der Waals surface area contributed by atoms with Crippen LogP contribution in [0.2, 0.25) is 0 Å². The van der Waals surface area contributed by atoms with Crippen molar-refractivity contribution in [1.82, 2.24) is 19.8 Å². The highest BCUT2D eigenvalue weighted by molar-refractivity contribution is 7.16. The Hall–Kier alpha value is -1.05. The number of aromatic nitrogens is 4. The molecule has 3 unspecified atom stereocenters. The van der Waals surface area contributed by atoms with Crippen molar-refractivity contribution in [2.24, 2.45) is 11.7 Å². The van der Waals surface area contributed by atoms with Crippen LogP contribution in [0.5, 0.6) is 0 Å². The van der Waals surface area contributed by atoms with Gasteiger partial charge < -0.3 is 10.5 Å². The molecule has 3 atom stereocenters. The normalized spacial score (nSPS) is 30.6. The van der Waals surface area contributed by atoms with Crippen LogP contribution in [0, 0.1) is 5.92 Å². The molecule has 2 fully saturated rings. The Morgan fingerprint density at radius 3 is 3.05 bits per heavy atom. The lowest BCUT2D eigenvalue weighted by atomic mass is 9.97. The SMILES string of the molecule is NCC1CCCC1c1nn2c(C3CCOC3)nnc2s1. The zero-order valence-corrected chi connectivity index (χ0v) is 12.2. The Labute approximate surface area is 121 Å². The van der Waals surface area contributed by atoms with Gasteiger partial charge in [0, 0.05) is 18.4 Å². The zero-order chi connectivity index (χ0) is 13.5. The Kier molecular flexibility index (Phi) is 3.20. The molecule has 1 saturated carbocycles. The molecule has 2 aliphatic rings. The minimum Gasteiger partial charge on any atom is -0.381 e. The van der Waals surface area contributed by atoms with Crippen LogP contribution in [-0.4, -0.2) is 39.6 Å². The second-order valence-corrected chi connectivity index (χ2v) is 6.77. The third-order valence-electron chi connectivity index (χ3n) is 4.60. The summed E-state index contributed by atoms with van der Waals surface area (Å²) in [5.74, 6) is 2.40. The summed E-state index contributed by atoms with van der Waals surface area (Å²) < 4.78 is 7.38. The van der Waals surface area contributed by atoms with E-state index in [-0.39, 0.29) is 0 Å². The van der Waals surface area contributed by atoms with Gasteiger partial charge in [-0.25, -0.2) is 0 Å². The molecule has 0 spiro atoms. The molecule has 4 rings (SSSR count). The van der Waals surface area contributed by atoms with Crippen molar-refractivity contribution in [2.75, 3.05) is 19.8 Å². The van der Waals surface area contributed by atoms with Crippen molar-refractivity contribution in [2.45, 2.75) is 37.5 Å². The van der Waals surface area contributed by atoms with Gasteiger partial charge in [-0.05, 0) is 31.7 Å². The second-order valence-electron chi connectivity index (χ2n) is 5.79. The van der Waals surface area contributed by atoms with E-state index in [2.05, 4.69) is 10.2 Å². The van der Waals surface area contributed by atoms with Gasteiger partial charge in [0.1, 0.15) is 5.01 Å². The lowest BCUT2D eigenvalue weighted by Gasteiger charge is -2.14. The average Bonchev–Trinajstić information content (AvgIpc) is 3.20. The molecule has 1 saturated heterocycles. The Morgan fingerprint density at radius 1 is 1.30 bits per heavy atom. The third-order valence-corrected chi connectivity index (χ3v) is 5.64. The summed E-state index contributed by atoms with van der Waals surface area (Å²) in [7, 11) is 0. The molecule has 2 aromatic heterocycles. The second kappa shape index (κ2) is 5.05. The van der Waals surface area contributed by atoms with Crippen molar-refractivity contribution in [3.63, 3.8) is 0 Å². The lowest BCUT2D eigenvalue weighted by Crippen LogP contribution is -2.17. The molecule has 0 amide bonds. The maximum Gasteiger partial charge on any atom is 0.234 e. The molecule has 0 radical (unpaired) electrons. The molecule has 0 aromatic carbocycles. The molecule has 6 nitrogen and oxygen atoms in total. The Bertz CT molecular complexity index is 603. The molecule has 7 heteroatoms. The van der Waals surface area contributed by atoms with E-state index in [0.29, 0.717) is 17.8 Å². The van der Waals surface area contributed by atoms with Gasteiger partial charge in [-0.2, -0.15) is 9.61 Å². The van der Waals surface area contributed by atoms with Crippen LogP contribution in [-0.2, 0) is 4.74 Å². The summed E-state index contributed by atoms with van der Waals surface area (Å²) in [6.07, 6.45) is 4.71. The van der Waals surface area contributed by atoms with E-state index in [0.717, 1.165) is 37.0 Å². The molecule has 108 valence electrons. The maximum absolute atomic E-state index is 5.89. The van der Waals surface area contributed by atoms with Crippen molar-refractivity contribution < 1.29 is 4.74 Å². The lowest BCUT2D eigenvalue weighted by molar-refractivity contribution is 0.193. The smallest absolute Gasteiger partial charge is 0.234 e. The van der Waals surface area contributed by atoms with Gasteiger partial charge in [0.25, 0.3) is 0 Å². The first-order valence-corrected chi connectivity index (χ1v) is 8.18. The minimum atomic E-state index is 0.342. The topological polar surface area (TPSA) is 78.3 Å². The predicted molar refractivity (Wildman–Crippen MR) is 76.0 cm³/mol. The average molecular weight is 293 g/mol. The van der Waals surface area contributed by atoms with E-state index in [1.807, 2.05) is 4.52 Å². The molecular weight excluding hydrogens is 274 g/mol. The number of ether oxygens (including phenoxy) is 1. The van der Waals surface area contributed by atoms with Crippen LogP contribution >= 0.6 is 11.3 Å². The first-order valence-electron chi connectivity index (χ1n) is 7.36. The molecule has 1 aliphatic heterocycles. The standard InChI is InChI=1S/C13H19N5OS/c14-6-8-2-1-3-10(8)12-17-18-11(9-4-5-19-7-9)15-16-13(18)20-12/h8-10H,1-7,14H2. The molecular formula is C13H19N5OS. The summed E-state index contributed by atoms with van der Waals surface area (Å²) in [6.45, 7) is 2.31. The summed E-state index contributed by atoms with van der Waals surface area (Å²) in [6, 6.07) is 0. The molecule has 20 heavy (non-hydrogen) atoms. The highest BCUT2D eigenvalue weighted by atomic mass is 32.1. The fourth-order valence-electron chi connectivity index (χ4n) is 3.43. The fraction of sp³-hybridized carbons (Fsp3) is 0.769. The largest absolute Gasteiger partial charge is 0.381 e. The maximum atomic E-state index is 5.89. The van der Waals surface area contributed by atoms with Crippen molar-refractivity contribution in [1.29, 1.82) is 0 Å². The van der Waals surface area contributed by atoms with Gasteiger partial charge in [0.2, 0.25) is 4.96 Å². The summed E-state index contributed by atoms with van der Waals surface area (Å²) in [4.78, 5) is 0.907. The first kappa shape index (κ1) is 12.7. The summed E-state index contributed by atoms with van der Waals surface area (Å²) >= 11 is 1.68. The van der Waals surface area contributed by atoms with E-state index in [9.17, 15) is 0 Å². The number of nitrogens with zero attached hydrogens (tertiary/aromatic N) is 4. The van der Waals surface area contributed by atoms with Gasteiger partial charge in [0.05, 0.1) is 6.61 Å². The van der Waals surface area contributed by atoms with E-state index >= 15 is 0 Å². The van der Waals surface area contributed by atoms with Gasteiger partial charge in [-0.15, -0.1) is 10.2 Å². The van der Waals surface area contributed by atoms with Gasteiger partial charge in [-0.3, -0.25) is 0 Å². The highest BCUT2D eigenvalue weighted by Crippen LogP contribution is 2.40. The zero-order valence-electron chi connectivity index (χ0n) is 11.4. The van der Waals surface area contributed by atoms with Crippen LogP contribution in [0.3, 0.4) is 0 Å². The Balaban J connectivity index is 1.68. The number of hydrogen-bond donors (Lipinski definition) is 1. The monoisotopic (exact) mass is 293 g/mol. The van der Waals surface area contributed by atoms with Crippen LogP contribution in [0.4, 0.5) is 0 Å². The van der Waals surface area contributed by atoms with E-state index < -0.39 is 0 Å². The fourth-order valence-corrected chi connectivity index (χ4v) is 4.51.